The summed E-state index contributed by atoms with van der Waals surface area (Å²) in [5, 5.41) is 10.4. The Labute approximate surface area is 149 Å². The summed E-state index contributed by atoms with van der Waals surface area (Å²) in [7, 11) is 0. The van der Waals surface area contributed by atoms with Crippen LogP contribution < -0.4 is 10.1 Å². The zero-order valence-electron chi connectivity index (χ0n) is 13.1. The van der Waals surface area contributed by atoms with Crippen LogP contribution in [0.15, 0.2) is 66.7 Å². The second-order valence-electron chi connectivity index (χ2n) is 5.01. The number of nitrogens with one attached hydrogen (secondary N) is 1. The van der Waals surface area contributed by atoms with Gasteiger partial charge in [-0.05, 0) is 35.9 Å². The molecule has 1 N–H and O–H groups in total. The molecule has 0 spiro atoms. The minimum Gasteiger partial charge on any atom is -0.444 e. The van der Waals surface area contributed by atoms with Crippen LogP contribution in [0.1, 0.15) is 5.56 Å². The minimum atomic E-state index is -0.527. The highest BCUT2D eigenvalue weighted by Crippen LogP contribution is 2.21. The van der Waals surface area contributed by atoms with E-state index in [2.05, 4.69) is 15.5 Å². The average Bonchev–Trinajstić information content (AvgIpc) is 2.64. The Morgan fingerprint density at radius 2 is 1.72 bits per heavy atom. The fraction of sp³-hybridized carbons (Fsp3) is 0.0556. The number of hydrogen-bond acceptors (Lipinski definition) is 5. The Kier molecular flexibility index (Phi) is 5.43. The third kappa shape index (κ3) is 5.19. The molecule has 0 aliphatic carbocycles. The number of anilines is 1. The Balaban J connectivity index is 1.51. The lowest BCUT2D eigenvalue weighted by molar-refractivity contribution is 0.155. The SMILES string of the molecule is O=C(Nc1ccc(Oc2ccc(Cl)nn2)cc1)OCc1ccccc1. The number of aromatic nitrogens is 2. The number of hydrogen-bond donors (Lipinski definition) is 1. The van der Waals surface area contributed by atoms with Crippen LogP contribution in [0.3, 0.4) is 0 Å². The molecule has 25 heavy (non-hydrogen) atoms. The molecule has 0 unspecified atom stereocenters. The van der Waals surface area contributed by atoms with Crippen LogP contribution in [-0.2, 0) is 11.3 Å². The van der Waals surface area contributed by atoms with Crippen molar-refractivity contribution in [3.8, 4) is 11.6 Å². The number of carbonyl (C=O) groups is 1. The van der Waals surface area contributed by atoms with E-state index in [4.69, 9.17) is 21.1 Å². The largest absolute Gasteiger partial charge is 0.444 e. The first kappa shape index (κ1) is 16.7. The fourth-order valence-electron chi connectivity index (χ4n) is 1.96. The highest BCUT2D eigenvalue weighted by Gasteiger charge is 2.05. The topological polar surface area (TPSA) is 73.3 Å². The molecule has 6 nitrogen and oxygen atoms in total. The second kappa shape index (κ2) is 8.12. The van der Waals surface area contributed by atoms with Crippen LogP contribution in [0.4, 0.5) is 10.5 Å². The van der Waals surface area contributed by atoms with Crippen molar-refractivity contribution >= 4 is 23.4 Å². The minimum absolute atomic E-state index is 0.211. The first-order valence-corrected chi connectivity index (χ1v) is 7.82. The standard InChI is InChI=1S/C18H14ClN3O3/c19-16-10-11-17(22-21-16)25-15-8-6-14(7-9-15)20-18(23)24-12-13-4-2-1-3-5-13/h1-11H,12H2,(H,20,23). The number of benzene rings is 2. The molecule has 126 valence electrons. The molecule has 1 heterocycles. The molecule has 0 bridgehead atoms. The molecular weight excluding hydrogens is 342 g/mol. The van der Waals surface area contributed by atoms with Gasteiger partial charge in [0.15, 0.2) is 5.15 Å². The van der Waals surface area contributed by atoms with E-state index in [1.165, 1.54) is 0 Å². The molecule has 0 saturated heterocycles. The molecular formula is C18H14ClN3O3. The number of rotatable bonds is 5. The molecule has 0 fully saturated rings. The molecule has 2 aromatic carbocycles. The predicted molar refractivity (Wildman–Crippen MR) is 93.8 cm³/mol. The average molecular weight is 356 g/mol. The molecule has 0 aliphatic rings. The second-order valence-corrected chi connectivity index (χ2v) is 5.39. The lowest BCUT2D eigenvalue weighted by Crippen LogP contribution is -2.13. The zero-order valence-corrected chi connectivity index (χ0v) is 13.8. The Hall–Kier alpha value is -3.12. The van der Waals surface area contributed by atoms with E-state index >= 15 is 0 Å². The molecule has 0 aliphatic heterocycles. The van der Waals surface area contributed by atoms with E-state index in [-0.39, 0.29) is 6.61 Å². The predicted octanol–water partition coefficient (Wildman–Crippen LogP) is 4.67. The van der Waals surface area contributed by atoms with E-state index in [1.807, 2.05) is 30.3 Å². The van der Waals surface area contributed by atoms with Crippen molar-refractivity contribution in [2.75, 3.05) is 5.32 Å². The van der Waals surface area contributed by atoms with Gasteiger partial charge in [-0.1, -0.05) is 41.9 Å². The highest BCUT2D eigenvalue weighted by atomic mass is 35.5. The van der Waals surface area contributed by atoms with Gasteiger partial charge in [0.25, 0.3) is 0 Å². The lowest BCUT2D eigenvalue weighted by Gasteiger charge is -2.08. The molecule has 0 radical (unpaired) electrons. The summed E-state index contributed by atoms with van der Waals surface area (Å²) in [4.78, 5) is 11.8. The third-order valence-corrected chi connectivity index (χ3v) is 3.35. The van der Waals surface area contributed by atoms with Crippen LogP contribution >= 0.6 is 11.6 Å². The lowest BCUT2D eigenvalue weighted by atomic mass is 10.2. The van der Waals surface area contributed by atoms with Crippen LogP contribution in [0.25, 0.3) is 0 Å². The van der Waals surface area contributed by atoms with Crippen molar-refractivity contribution in [3.05, 3.63) is 77.4 Å². The Bertz CT molecular complexity index is 824. The van der Waals surface area contributed by atoms with Gasteiger partial charge in [0, 0.05) is 11.8 Å². The van der Waals surface area contributed by atoms with Gasteiger partial charge < -0.3 is 9.47 Å². The quantitative estimate of drug-likeness (QED) is 0.719. The monoisotopic (exact) mass is 355 g/mol. The summed E-state index contributed by atoms with van der Waals surface area (Å²) in [5.41, 5.74) is 1.51. The van der Waals surface area contributed by atoms with Crippen molar-refractivity contribution < 1.29 is 14.3 Å². The number of nitrogens with zero attached hydrogens (tertiary/aromatic N) is 2. The van der Waals surface area contributed by atoms with E-state index in [0.29, 0.717) is 22.5 Å². The Morgan fingerprint density at radius 1 is 0.960 bits per heavy atom. The fourth-order valence-corrected chi connectivity index (χ4v) is 2.06. The molecule has 1 aromatic heterocycles. The molecule has 3 rings (SSSR count). The number of halogens is 1. The van der Waals surface area contributed by atoms with E-state index < -0.39 is 6.09 Å². The van der Waals surface area contributed by atoms with Gasteiger partial charge >= 0.3 is 6.09 Å². The van der Waals surface area contributed by atoms with Gasteiger partial charge in [-0.15, -0.1) is 10.2 Å². The molecule has 7 heteroatoms. The van der Waals surface area contributed by atoms with Gasteiger partial charge in [-0.3, -0.25) is 5.32 Å². The van der Waals surface area contributed by atoms with Crippen molar-refractivity contribution in [1.82, 2.24) is 10.2 Å². The summed E-state index contributed by atoms with van der Waals surface area (Å²) < 4.78 is 10.7. The molecule has 0 atom stereocenters. The molecule has 1 amide bonds. The summed E-state index contributed by atoms with van der Waals surface area (Å²) in [6, 6.07) is 19.4. The van der Waals surface area contributed by atoms with Crippen molar-refractivity contribution in [3.63, 3.8) is 0 Å². The van der Waals surface area contributed by atoms with Gasteiger partial charge in [-0.25, -0.2) is 4.79 Å². The number of amides is 1. The Morgan fingerprint density at radius 3 is 2.40 bits per heavy atom. The van der Waals surface area contributed by atoms with E-state index in [0.717, 1.165) is 5.56 Å². The van der Waals surface area contributed by atoms with E-state index in [9.17, 15) is 4.79 Å². The smallest absolute Gasteiger partial charge is 0.411 e. The maximum atomic E-state index is 11.8. The summed E-state index contributed by atoms with van der Waals surface area (Å²) in [6.07, 6.45) is -0.527. The van der Waals surface area contributed by atoms with Gasteiger partial charge in [0.1, 0.15) is 12.4 Å². The van der Waals surface area contributed by atoms with E-state index in [1.54, 1.807) is 36.4 Å². The zero-order chi connectivity index (χ0) is 17.5. The van der Waals surface area contributed by atoms with Gasteiger partial charge in [0.05, 0.1) is 0 Å². The van der Waals surface area contributed by atoms with Crippen LogP contribution in [-0.4, -0.2) is 16.3 Å². The molecule has 3 aromatic rings. The summed E-state index contributed by atoms with van der Waals surface area (Å²) in [6.45, 7) is 0.211. The van der Waals surface area contributed by atoms with Crippen LogP contribution in [0.5, 0.6) is 11.6 Å². The van der Waals surface area contributed by atoms with Crippen LogP contribution in [0, 0.1) is 0 Å². The van der Waals surface area contributed by atoms with Crippen molar-refractivity contribution in [2.24, 2.45) is 0 Å². The summed E-state index contributed by atoms with van der Waals surface area (Å²) in [5.74, 6) is 0.882. The van der Waals surface area contributed by atoms with Gasteiger partial charge in [-0.2, -0.15) is 0 Å². The maximum absolute atomic E-state index is 11.8. The maximum Gasteiger partial charge on any atom is 0.411 e. The van der Waals surface area contributed by atoms with Crippen molar-refractivity contribution in [1.29, 1.82) is 0 Å². The van der Waals surface area contributed by atoms with Crippen molar-refractivity contribution in [2.45, 2.75) is 6.61 Å². The molecule has 0 saturated carbocycles. The number of ether oxygens (including phenoxy) is 2. The normalized spacial score (nSPS) is 10.1. The summed E-state index contributed by atoms with van der Waals surface area (Å²) >= 11 is 5.67. The van der Waals surface area contributed by atoms with Gasteiger partial charge in [0.2, 0.25) is 5.88 Å². The first-order valence-electron chi connectivity index (χ1n) is 7.44. The first-order chi connectivity index (χ1) is 12.2. The van der Waals surface area contributed by atoms with Crippen LogP contribution in [0.2, 0.25) is 5.15 Å². The third-order valence-electron chi connectivity index (χ3n) is 3.14. The number of carbonyl (C=O) groups excluding carboxylic acids is 1. The highest BCUT2D eigenvalue weighted by molar-refractivity contribution is 6.29.